The maximum atomic E-state index is 12.3. The van der Waals surface area contributed by atoms with Crippen molar-refractivity contribution in [3.05, 3.63) is 24.3 Å². The van der Waals surface area contributed by atoms with Crippen molar-refractivity contribution >= 4 is 27.0 Å². The van der Waals surface area contributed by atoms with Gasteiger partial charge in [-0.2, -0.15) is 8.42 Å². The molecular formula is C8H6FN3O3S2. The number of hydrogen-bond donors (Lipinski definition) is 1. The molecule has 0 atom stereocenters. The number of nitrogen functional groups attached to an aromatic ring is 1. The van der Waals surface area contributed by atoms with Crippen LogP contribution in [0.4, 0.5) is 9.02 Å². The Kier molecular flexibility index (Phi) is 2.94. The van der Waals surface area contributed by atoms with Gasteiger partial charge in [-0.1, -0.05) is 27.4 Å². The third-order valence-electron chi connectivity index (χ3n) is 1.72. The lowest BCUT2D eigenvalue weighted by atomic mass is 10.2. The Bertz CT molecular complexity index is 641. The van der Waals surface area contributed by atoms with Gasteiger partial charge in [0.05, 0.1) is 0 Å². The van der Waals surface area contributed by atoms with E-state index in [2.05, 4.69) is 14.4 Å². The SMILES string of the molecule is Nc1nnc(-c2cccc(OS(=O)(=O)F)c2)s1. The molecule has 1 heterocycles. The molecule has 2 rings (SSSR count). The number of halogens is 1. The Morgan fingerprint density at radius 2 is 2.12 bits per heavy atom. The van der Waals surface area contributed by atoms with E-state index < -0.39 is 10.5 Å². The van der Waals surface area contributed by atoms with Crippen LogP contribution in [0.3, 0.4) is 0 Å². The lowest BCUT2D eigenvalue weighted by molar-refractivity contribution is 0.440. The second kappa shape index (κ2) is 4.26. The lowest BCUT2D eigenvalue weighted by Gasteiger charge is -2.01. The van der Waals surface area contributed by atoms with Crippen LogP contribution in [0.2, 0.25) is 0 Å². The largest absolute Gasteiger partial charge is 0.488 e. The Hall–Kier alpha value is -1.74. The summed E-state index contributed by atoms with van der Waals surface area (Å²) in [5, 5.41) is 8.15. The van der Waals surface area contributed by atoms with E-state index >= 15 is 0 Å². The monoisotopic (exact) mass is 275 g/mol. The van der Waals surface area contributed by atoms with Crippen LogP contribution in [0.5, 0.6) is 5.75 Å². The first-order valence-electron chi connectivity index (χ1n) is 4.27. The van der Waals surface area contributed by atoms with E-state index in [4.69, 9.17) is 5.73 Å². The summed E-state index contributed by atoms with van der Waals surface area (Å²) in [5.41, 5.74) is 5.96. The number of rotatable bonds is 3. The molecule has 0 unspecified atom stereocenters. The van der Waals surface area contributed by atoms with E-state index in [1.165, 1.54) is 18.2 Å². The molecule has 0 spiro atoms. The molecule has 1 aromatic heterocycles. The van der Waals surface area contributed by atoms with Crippen LogP contribution in [0.25, 0.3) is 10.6 Å². The molecule has 9 heteroatoms. The van der Waals surface area contributed by atoms with Gasteiger partial charge in [0.25, 0.3) is 0 Å². The Morgan fingerprint density at radius 1 is 1.35 bits per heavy atom. The molecule has 2 aromatic rings. The highest BCUT2D eigenvalue weighted by atomic mass is 32.3. The molecule has 0 saturated carbocycles. The summed E-state index contributed by atoms with van der Waals surface area (Å²) in [4.78, 5) is 0. The number of anilines is 1. The van der Waals surface area contributed by atoms with Crippen LogP contribution in [0, 0.1) is 0 Å². The molecule has 6 nitrogen and oxygen atoms in total. The summed E-state index contributed by atoms with van der Waals surface area (Å²) in [7, 11) is -5.03. The van der Waals surface area contributed by atoms with Crippen LogP contribution in [-0.2, 0) is 10.5 Å². The maximum Gasteiger partial charge on any atom is 0.488 e. The van der Waals surface area contributed by atoms with E-state index in [1.54, 1.807) is 6.07 Å². The summed E-state index contributed by atoms with van der Waals surface area (Å²) < 4.78 is 37.1. The predicted octanol–water partition coefficient (Wildman–Crippen LogP) is 1.38. The molecule has 90 valence electrons. The summed E-state index contributed by atoms with van der Waals surface area (Å²) in [5.74, 6) is -0.140. The first-order valence-corrected chi connectivity index (χ1v) is 6.40. The molecule has 0 aliphatic rings. The fourth-order valence-electron chi connectivity index (χ4n) is 1.15. The fraction of sp³-hybridized carbons (Fsp3) is 0. The summed E-state index contributed by atoms with van der Waals surface area (Å²) in [6.07, 6.45) is 0. The van der Waals surface area contributed by atoms with Gasteiger partial charge in [-0.3, -0.25) is 0 Å². The van der Waals surface area contributed by atoms with Gasteiger partial charge < -0.3 is 9.92 Å². The standard InChI is InChI=1S/C8H6FN3O3S2/c9-17(13,14)15-6-3-1-2-5(4-6)7-11-12-8(10)16-7/h1-4H,(H2,10,12). The van der Waals surface area contributed by atoms with Crippen LogP contribution in [0.1, 0.15) is 0 Å². The van der Waals surface area contributed by atoms with Gasteiger partial charge in [-0.15, -0.1) is 10.2 Å². The molecule has 1 aromatic carbocycles. The van der Waals surface area contributed by atoms with Gasteiger partial charge in [0.1, 0.15) is 10.8 Å². The zero-order chi connectivity index (χ0) is 12.5. The van der Waals surface area contributed by atoms with E-state index in [9.17, 15) is 12.3 Å². The van der Waals surface area contributed by atoms with E-state index in [0.29, 0.717) is 10.6 Å². The van der Waals surface area contributed by atoms with Crippen LogP contribution < -0.4 is 9.92 Å². The van der Waals surface area contributed by atoms with Gasteiger partial charge in [0, 0.05) is 5.56 Å². The Morgan fingerprint density at radius 3 is 2.71 bits per heavy atom. The summed E-state index contributed by atoms with van der Waals surface area (Å²) >= 11 is 1.12. The van der Waals surface area contributed by atoms with Crippen LogP contribution >= 0.6 is 11.3 Å². The van der Waals surface area contributed by atoms with Gasteiger partial charge in [0.2, 0.25) is 5.13 Å². The molecule has 0 aliphatic heterocycles. The van der Waals surface area contributed by atoms with Crippen molar-refractivity contribution in [2.45, 2.75) is 0 Å². The number of benzene rings is 1. The highest BCUT2D eigenvalue weighted by Crippen LogP contribution is 2.27. The summed E-state index contributed by atoms with van der Waals surface area (Å²) in [6, 6.07) is 5.80. The minimum atomic E-state index is -5.03. The number of aromatic nitrogens is 2. The van der Waals surface area contributed by atoms with Crippen molar-refractivity contribution in [1.29, 1.82) is 0 Å². The number of nitrogens with two attached hydrogens (primary N) is 1. The second-order valence-electron chi connectivity index (χ2n) is 2.95. The van der Waals surface area contributed by atoms with E-state index in [1.807, 2.05) is 0 Å². The molecule has 0 aliphatic carbocycles. The quantitative estimate of drug-likeness (QED) is 0.850. The van der Waals surface area contributed by atoms with Crippen molar-refractivity contribution in [2.24, 2.45) is 0 Å². The average Bonchev–Trinajstić information content (AvgIpc) is 2.63. The molecule has 0 amide bonds. The zero-order valence-corrected chi connectivity index (χ0v) is 9.83. The first-order chi connectivity index (χ1) is 7.94. The predicted molar refractivity (Wildman–Crippen MR) is 60.4 cm³/mol. The van der Waals surface area contributed by atoms with E-state index in [0.717, 1.165) is 11.3 Å². The highest BCUT2D eigenvalue weighted by molar-refractivity contribution is 7.81. The number of hydrogen-bond acceptors (Lipinski definition) is 7. The van der Waals surface area contributed by atoms with Crippen LogP contribution in [0.15, 0.2) is 24.3 Å². The van der Waals surface area contributed by atoms with Crippen molar-refractivity contribution in [3.8, 4) is 16.3 Å². The molecule has 0 bridgehead atoms. The Balaban J connectivity index is 2.35. The van der Waals surface area contributed by atoms with Crippen LogP contribution in [-0.4, -0.2) is 18.6 Å². The molecule has 2 N–H and O–H groups in total. The summed E-state index contributed by atoms with van der Waals surface area (Å²) in [6.45, 7) is 0. The molecule has 0 radical (unpaired) electrons. The maximum absolute atomic E-state index is 12.3. The Labute approximate surface area is 100 Å². The normalized spacial score (nSPS) is 11.4. The average molecular weight is 275 g/mol. The zero-order valence-electron chi connectivity index (χ0n) is 8.20. The smallest absolute Gasteiger partial charge is 0.374 e. The van der Waals surface area contributed by atoms with Crippen molar-refractivity contribution < 1.29 is 16.5 Å². The van der Waals surface area contributed by atoms with Gasteiger partial charge in [-0.25, -0.2) is 0 Å². The minimum absolute atomic E-state index is 0.140. The molecule has 17 heavy (non-hydrogen) atoms. The lowest BCUT2D eigenvalue weighted by Crippen LogP contribution is -2.00. The fourth-order valence-corrected chi connectivity index (χ4v) is 2.09. The second-order valence-corrected chi connectivity index (χ2v) is 4.91. The van der Waals surface area contributed by atoms with E-state index in [-0.39, 0.29) is 10.9 Å². The third-order valence-corrected chi connectivity index (χ3v) is 2.91. The highest BCUT2D eigenvalue weighted by Gasteiger charge is 2.11. The van der Waals surface area contributed by atoms with Crippen molar-refractivity contribution in [1.82, 2.24) is 10.2 Å². The van der Waals surface area contributed by atoms with Crippen molar-refractivity contribution in [3.63, 3.8) is 0 Å². The molecular weight excluding hydrogens is 269 g/mol. The minimum Gasteiger partial charge on any atom is -0.374 e. The topological polar surface area (TPSA) is 95.2 Å². The first kappa shape index (κ1) is 11.7. The molecule has 0 saturated heterocycles. The number of nitrogens with zero attached hydrogens (tertiary/aromatic N) is 2. The van der Waals surface area contributed by atoms with Crippen molar-refractivity contribution in [2.75, 3.05) is 5.73 Å². The third kappa shape index (κ3) is 3.11. The van der Waals surface area contributed by atoms with Gasteiger partial charge >= 0.3 is 10.5 Å². The van der Waals surface area contributed by atoms with Gasteiger partial charge in [-0.05, 0) is 12.1 Å². The molecule has 0 fully saturated rings. The van der Waals surface area contributed by atoms with Gasteiger partial charge in [0.15, 0.2) is 0 Å².